The summed E-state index contributed by atoms with van der Waals surface area (Å²) in [4.78, 5) is 33.6. The van der Waals surface area contributed by atoms with Gasteiger partial charge in [0.2, 0.25) is 5.95 Å². The molecule has 0 radical (unpaired) electrons. The van der Waals surface area contributed by atoms with Crippen molar-refractivity contribution < 1.29 is 14.7 Å². The van der Waals surface area contributed by atoms with E-state index < -0.39 is 11.9 Å². The van der Waals surface area contributed by atoms with E-state index in [-0.39, 0.29) is 18.4 Å². The fourth-order valence-electron chi connectivity index (χ4n) is 2.65. The third-order valence-electron chi connectivity index (χ3n) is 3.59. The molecule has 1 aliphatic rings. The number of aromatic nitrogens is 2. The summed E-state index contributed by atoms with van der Waals surface area (Å²) in [6.07, 6.45) is 0.601. The number of aryl methyl sites for hydroxylation is 1. The molecule has 7 nitrogen and oxygen atoms in total. The van der Waals surface area contributed by atoms with Crippen molar-refractivity contribution in [3.05, 3.63) is 17.5 Å². The van der Waals surface area contributed by atoms with Gasteiger partial charge in [-0.1, -0.05) is 6.92 Å². The Labute approximate surface area is 123 Å². The van der Waals surface area contributed by atoms with E-state index in [2.05, 4.69) is 15.3 Å². The van der Waals surface area contributed by atoms with E-state index in [1.165, 1.54) is 0 Å². The first-order valence-electron chi connectivity index (χ1n) is 6.96. The lowest BCUT2D eigenvalue weighted by Gasteiger charge is -2.34. The molecule has 2 N–H and O–H groups in total. The maximum absolute atomic E-state index is 12.5. The number of carboxylic acids is 1. The Kier molecular flexibility index (Phi) is 4.40. The van der Waals surface area contributed by atoms with Gasteiger partial charge in [-0.2, -0.15) is 0 Å². The van der Waals surface area contributed by atoms with Crippen molar-refractivity contribution in [2.75, 3.05) is 25.5 Å². The molecule has 2 unspecified atom stereocenters. The van der Waals surface area contributed by atoms with E-state index in [9.17, 15) is 14.7 Å². The zero-order valence-corrected chi connectivity index (χ0v) is 12.5. The number of carboxylic acid groups (broad SMARTS) is 1. The summed E-state index contributed by atoms with van der Waals surface area (Å²) in [5.74, 6) is -1.05. The van der Waals surface area contributed by atoms with Gasteiger partial charge in [-0.25, -0.2) is 9.97 Å². The minimum absolute atomic E-state index is 0.163. The van der Waals surface area contributed by atoms with Gasteiger partial charge in [-0.3, -0.25) is 9.59 Å². The van der Waals surface area contributed by atoms with Crippen molar-refractivity contribution in [2.45, 2.75) is 20.3 Å². The number of anilines is 1. The number of likely N-dealkylation sites (tertiary alicyclic amines) is 1. The molecule has 1 aromatic rings. The third kappa shape index (κ3) is 3.48. The molecule has 1 aliphatic heterocycles. The summed E-state index contributed by atoms with van der Waals surface area (Å²) in [5.41, 5.74) is 0.989. The first-order chi connectivity index (χ1) is 9.90. The lowest BCUT2D eigenvalue weighted by Crippen LogP contribution is -2.45. The van der Waals surface area contributed by atoms with Gasteiger partial charge in [0, 0.05) is 25.8 Å². The molecule has 2 atom stereocenters. The third-order valence-corrected chi connectivity index (χ3v) is 3.59. The Bertz CT molecular complexity index is 561. The van der Waals surface area contributed by atoms with Gasteiger partial charge < -0.3 is 15.3 Å². The number of nitrogens with one attached hydrogen (secondary N) is 1. The first-order valence-corrected chi connectivity index (χ1v) is 6.96. The van der Waals surface area contributed by atoms with Crippen molar-refractivity contribution in [3.63, 3.8) is 0 Å². The molecule has 1 fully saturated rings. The first kappa shape index (κ1) is 15.2. The maximum atomic E-state index is 12.5. The van der Waals surface area contributed by atoms with Crippen LogP contribution < -0.4 is 5.32 Å². The number of hydrogen-bond donors (Lipinski definition) is 2. The number of rotatable bonds is 3. The van der Waals surface area contributed by atoms with Crippen LogP contribution in [0.2, 0.25) is 0 Å². The molecule has 21 heavy (non-hydrogen) atoms. The van der Waals surface area contributed by atoms with Gasteiger partial charge in [-0.05, 0) is 25.3 Å². The second-order valence-corrected chi connectivity index (χ2v) is 5.55. The van der Waals surface area contributed by atoms with Crippen LogP contribution in [0.5, 0.6) is 0 Å². The van der Waals surface area contributed by atoms with E-state index >= 15 is 0 Å². The highest BCUT2D eigenvalue weighted by atomic mass is 16.4. The number of nitrogens with zero attached hydrogens (tertiary/aromatic N) is 3. The van der Waals surface area contributed by atoms with Crippen LogP contribution in [0.25, 0.3) is 0 Å². The fourth-order valence-corrected chi connectivity index (χ4v) is 2.65. The smallest absolute Gasteiger partial charge is 0.308 e. The molecule has 1 aromatic heterocycles. The summed E-state index contributed by atoms with van der Waals surface area (Å²) in [7, 11) is 1.69. The minimum atomic E-state index is -0.853. The molecule has 1 amide bonds. The van der Waals surface area contributed by atoms with Gasteiger partial charge >= 0.3 is 5.97 Å². The van der Waals surface area contributed by atoms with E-state index in [0.29, 0.717) is 30.3 Å². The molecule has 0 aromatic carbocycles. The lowest BCUT2D eigenvalue weighted by molar-refractivity contribution is -0.143. The highest BCUT2D eigenvalue weighted by Crippen LogP contribution is 2.23. The Morgan fingerprint density at radius 2 is 2.10 bits per heavy atom. The molecule has 0 aliphatic carbocycles. The van der Waals surface area contributed by atoms with Crippen molar-refractivity contribution in [1.82, 2.24) is 14.9 Å². The second kappa shape index (κ2) is 6.07. The number of hydrogen-bond acceptors (Lipinski definition) is 5. The van der Waals surface area contributed by atoms with Crippen molar-refractivity contribution >= 4 is 17.8 Å². The van der Waals surface area contributed by atoms with Crippen molar-refractivity contribution in [2.24, 2.45) is 11.8 Å². The topological polar surface area (TPSA) is 95.4 Å². The standard InChI is InChI=1S/C14H20N4O3/c1-8-4-10(13(20)21)7-18(6-8)12(19)11-5-9(2)16-14(15-3)17-11/h5,8,10H,4,6-7H2,1-3H3,(H,20,21)(H,15,16,17). The molecule has 0 spiro atoms. The SMILES string of the molecule is CNc1nc(C)cc(C(=O)N2CC(C)CC(C(=O)O)C2)n1. The van der Waals surface area contributed by atoms with Gasteiger partial charge in [0.15, 0.2) is 0 Å². The average molecular weight is 292 g/mol. The Hall–Kier alpha value is -2.18. The summed E-state index contributed by atoms with van der Waals surface area (Å²) in [6.45, 7) is 4.54. The summed E-state index contributed by atoms with van der Waals surface area (Å²) in [6, 6.07) is 1.62. The van der Waals surface area contributed by atoms with Crippen LogP contribution in [0.15, 0.2) is 6.07 Å². The molecule has 2 heterocycles. The van der Waals surface area contributed by atoms with Crippen LogP contribution in [0.3, 0.4) is 0 Å². The summed E-state index contributed by atoms with van der Waals surface area (Å²) in [5, 5.41) is 12.0. The maximum Gasteiger partial charge on any atom is 0.308 e. The average Bonchev–Trinajstić information content (AvgIpc) is 2.45. The Morgan fingerprint density at radius 1 is 1.38 bits per heavy atom. The largest absolute Gasteiger partial charge is 0.481 e. The molecule has 114 valence electrons. The van der Waals surface area contributed by atoms with Gasteiger partial charge in [0.05, 0.1) is 5.92 Å². The van der Waals surface area contributed by atoms with Crippen molar-refractivity contribution in [3.8, 4) is 0 Å². The second-order valence-electron chi connectivity index (χ2n) is 5.55. The molecular weight excluding hydrogens is 272 g/mol. The van der Waals surface area contributed by atoms with E-state index in [1.807, 2.05) is 6.92 Å². The van der Waals surface area contributed by atoms with Gasteiger partial charge in [0.1, 0.15) is 5.69 Å². The Morgan fingerprint density at radius 3 is 2.71 bits per heavy atom. The van der Waals surface area contributed by atoms with Gasteiger partial charge in [-0.15, -0.1) is 0 Å². The number of carbonyl (C=O) groups is 2. The number of aliphatic carboxylic acids is 1. The zero-order chi connectivity index (χ0) is 15.6. The summed E-state index contributed by atoms with van der Waals surface area (Å²) >= 11 is 0. The highest BCUT2D eigenvalue weighted by Gasteiger charge is 2.32. The van der Waals surface area contributed by atoms with Crippen LogP contribution in [-0.4, -0.2) is 52.0 Å². The molecule has 2 rings (SSSR count). The fraction of sp³-hybridized carbons (Fsp3) is 0.571. The molecule has 1 saturated heterocycles. The normalized spacial score (nSPS) is 22.0. The highest BCUT2D eigenvalue weighted by molar-refractivity contribution is 5.93. The molecule has 7 heteroatoms. The van der Waals surface area contributed by atoms with Gasteiger partial charge in [0.25, 0.3) is 5.91 Å². The zero-order valence-electron chi connectivity index (χ0n) is 12.5. The number of amides is 1. The van der Waals surface area contributed by atoms with E-state index in [4.69, 9.17) is 0 Å². The minimum Gasteiger partial charge on any atom is -0.481 e. The predicted octanol–water partition coefficient (Wildman–Crippen LogP) is 1.01. The van der Waals surface area contributed by atoms with Crippen LogP contribution >= 0.6 is 0 Å². The molecular formula is C14H20N4O3. The number of carbonyl (C=O) groups excluding carboxylic acids is 1. The predicted molar refractivity (Wildman–Crippen MR) is 77.1 cm³/mol. The Balaban J connectivity index is 2.22. The molecule has 0 saturated carbocycles. The van der Waals surface area contributed by atoms with Crippen LogP contribution in [0, 0.1) is 18.8 Å². The quantitative estimate of drug-likeness (QED) is 0.863. The van der Waals surface area contributed by atoms with Crippen LogP contribution in [0.4, 0.5) is 5.95 Å². The van der Waals surface area contributed by atoms with Crippen LogP contribution in [0.1, 0.15) is 29.5 Å². The van der Waals surface area contributed by atoms with E-state index in [0.717, 1.165) is 0 Å². The molecule has 0 bridgehead atoms. The lowest BCUT2D eigenvalue weighted by atomic mass is 9.90. The van der Waals surface area contributed by atoms with Crippen LogP contribution in [-0.2, 0) is 4.79 Å². The number of piperidine rings is 1. The monoisotopic (exact) mass is 292 g/mol. The summed E-state index contributed by atoms with van der Waals surface area (Å²) < 4.78 is 0. The van der Waals surface area contributed by atoms with Crippen molar-refractivity contribution in [1.29, 1.82) is 0 Å². The van der Waals surface area contributed by atoms with E-state index in [1.54, 1.807) is 24.9 Å².